The quantitative estimate of drug-likeness (QED) is 0.658. The first-order valence-electron chi connectivity index (χ1n) is 2.99. The average Bonchev–Trinajstić information content (AvgIpc) is 1.92. The van der Waals surface area contributed by atoms with Crippen molar-refractivity contribution in [2.24, 2.45) is 0 Å². The third kappa shape index (κ3) is 1.92. The molecule has 0 bridgehead atoms. The van der Waals surface area contributed by atoms with Crippen molar-refractivity contribution in [3.8, 4) is 0 Å². The summed E-state index contributed by atoms with van der Waals surface area (Å²) in [6, 6.07) is 2.03. The number of hydrogen-bond donors (Lipinski definition) is 0. The Balaban J connectivity index is 3.33. The third-order valence-corrected chi connectivity index (χ3v) is 2.45. The van der Waals surface area contributed by atoms with Gasteiger partial charge in [-0.25, -0.2) is 17.8 Å². The highest BCUT2D eigenvalue weighted by Crippen LogP contribution is 2.13. The van der Waals surface area contributed by atoms with Crippen molar-refractivity contribution in [2.45, 2.75) is 11.9 Å². The zero-order valence-electron chi connectivity index (χ0n) is 6.08. The summed E-state index contributed by atoms with van der Waals surface area (Å²) in [4.78, 5) is 3.45. The number of aryl methyl sites for hydroxylation is 1. The van der Waals surface area contributed by atoms with Gasteiger partial charge in [0, 0.05) is 10.7 Å². The molecule has 12 heavy (non-hydrogen) atoms. The fourth-order valence-electron chi connectivity index (χ4n) is 0.657. The van der Waals surface area contributed by atoms with Gasteiger partial charge in [0.05, 0.1) is 5.69 Å². The summed E-state index contributed by atoms with van der Waals surface area (Å²) < 4.78 is 33.9. The molecule has 0 amide bonds. The van der Waals surface area contributed by atoms with Crippen LogP contribution in [0.1, 0.15) is 5.69 Å². The van der Waals surface area contributed by atoms with Crippen LogP contribution in [-0.2, 0) is 9.05 Å². The van der Waals surface area contributed by atoms with Crippen LogP contribution in [-0.4, -0.2) is 13.4 Å². The van der Waals surface area contributed by atoms with E-state index in [1.54, 1.807) is 0 Å². The SMILES string of the molecule is Cc1nc(S(=O)(=O)Cl)ccc1F. The summed E-state index contributed by atoms with van der Waals surface area (Å²) in [5.74, 6) is -0.556. The molecule has 0 N–H and O–H groups in total. The van der Waals surface area contributed by atoms with Crippen LogP contribution in [0, 0.1) is 12.7 Å². The molecule has 6 heteroatoms. The van der Waals surface area contributed by atoms with E-state index in [0.717, 1.165) is 12.1 Å². The minimum atomic E-state index is -3.85. The topological polar surface area (TPSA) is 47.0 Å². The van der Waals surface area contributed by atoms with E-state index in [-0.39, 0.29) is 10.7 Å². The van der Waals surface area contributed by atoms with Gasteiger partial charge in [0.2, 0.25) is 0 Å². The van der Waals surface area contributed by atoms with Gasteiger partial charge in [-0.2, -0.15) is 0 Å². The van der Waals surface area contributed by atoms with Crippen LogP contribution in [0.2, 0.25) is 0 Å². The lowest BCUT2D eigenvalue weighted by atomic mass is 10.4. The molecule has 0 fully saturated rings. The smallest absolute Gasteiger partial charge is 0.237 e. The molecule has 0 aromatic carbocycles. The Morgan fingerprint density at radius 3 is 2.50 bits per heavy atom. The minimum Gasteiger partial charge on any atom is -0.237 e. The molecule has 0 aliphatic heterocycles. The van der Waals surface area contributed by atoms with Gasteiger partial charge in [0.25, 0.3) is 9.05 Å². The molecule has 0 aliphatic rings. The van der Waals surface area contributed by atoms with Crippen molar-refractivity contribution in [1.82, 2.24) is 4.98 Å². The maximum atomic E-state index is 12.6. The Kier molecular flexibility index (Phi) is 2.34. The average molecular weight is 210 g/mol. The maximum Gasteiger partial charge on any atom is 0.278 e. The van der Waals surface area contributed by atoms with Gasteiger partial charge in [0.15, 0.2) is 5.03 Å². The predicted octanol–water partition coefficient (Wildman–Crippen LogP) is 1.46. The van der Waals surface area contributed by atoms with Crippen LogP contribution in [0.4, 0.5) is 4.39 Å². The van der Waals surface area contributed by atoms with Crippen LogP contribution in [0.15, 0.2) is 17.2 Å². The van der Waals surface area contributed by atoms with E-state index in [4.69, 9.17) is 10.7 Å². The molecule has 1 aromatic heterocycles. The van der Waals surface area contributed by atoms with E-state index in [1.165, 1.54) is 6.92 Å². The first kappa shape index (κ1) is 9.41. The number of hydrogen-bond acceptors (Lipinski definition) is 3. The van der Waals surface area contributed by atoms with E-state index in [9.17, 15) is 12.8 Å². The van der Waals surface area contributed by atoms with Gasteiger partial charge in [-0.1, -0.05) is 0 Å². The molecule has 1 heterocycles. The molecule has 3 nitrogen and oxygen atoms in total. The van der Waals surface area contributed by atoms with Gasteiger partial charge in [0.1, 0.15) is 5.82 Å². The number of halogens is 2. The first-order valence-corrected chi connectivity index (χ1v) is 5.30. The molecule has 0 atom stereocenters. The minimum absolute atomic E-state index is 0.0109. The standard InChI is InChI=1S/C6H5ClFNO2S/c1-4-5(8)2-3-6(9-4)12(7,10)11/h2-3H,1H3. The number of pyridine rings is 1. The summed E-state index contributed by atoms with van der Waals surface area (Å²) in [5.41, 5.74) is 0.0109. The molecule has 0 spiro atoms. The van der Waals surface area contributed by atoms with Gasteiger partial charge in [-0.05, 0) is 19.1 Å². The Bertz CT molecular complexity index is 404. The zero-order valence-corrected chi connectivity index (χ0v) is 7.66. The summed E-state index contributed by atoms with van der Waals surface area (Å²) >= 11 is 0. The summed E-state index contributed by atoms with van der Waals surface area (Å²) in [6.45, 7) is 1.36. The van der Waals surface area contributed by atoms with E-state index >= 15 is 0 Å². The van der Waals surface area contributed by atoms with Crippen molar-refractivity contribution in [3.63, 3.8) is 0 Å². The fourth-order valence-corrected chi connectivity index (χ4v) is 1.39. The highest BCUT2D eigenvalue weighted by molar-refractivity contribution is 8.13. The lowest BCUT2D eigenvalue weighted by molar-refractivity contribution is 0.593. The molecular weight excluding hydrogens is 205 g/mol. The first-order chi connectivity index (χ1) is 5.41. The van der Waals surface area contributed by atoms with Gasteiger partial charge >= 0.3 is 0 Å². The number of nitrogens with zero attached hydrogens (tertiary/aromatic N) is 1. The molecule has 0 aliphatic carbocycles. The van der Waals surface area contributed by atoms with Crippen LogP contribution in [0.25, 0.3) is 0 Å². The second-order valence-electron chi connectivity index (χ2n) is 2.15. The number of aromatic nitrogens is 1. The van der Waals surface area contributed by atoms with Crippen molar-refractivity contribution in [1.29, 1.82) is 0 Å². The van der Waals surface area contributed by atoms with Gasteiger partial charge in [-0.15, -0.1) is 0 Å². The summed E-state index contributed by atoms with van der Waals surface area (Å²) in [5, 5.41) is -0.330. The Morgan fingerprint density at radius 1 is 1.50 bits per heavy atom. The highest BCUT2D eigenvalue weighted by atomic mass is 35.7. The predicted molar refractivity (Wildman–Crippen MR) is 42.0 cm³/mol. The van der Waals surface area contributed by atoms with Crippen LogP contribution < -0.4 is 0 Å². The normalized spacial score (nSPS) is 11.6. The molecular formula is C6H5ClFNO2S. The third-order valence-electron chi connectivity index (χ3n) is 1.25. The Hall–Kier alpha value is -0.680. The van der Waals surface area contributed by atoms with Gasteiger partial charge < -0.3 is 0 Å². The van der Waals surface area contributed by atoms with Crippen LogP contribution >= 0.6 is 10.7 Å². The molecule has 1 aromatic rings. The van der Waals surface area contributed by atoms with Gasteiger partial charge in [-0.3, -0.25) is 0 Å². The lowest BCUT2D eigenvalue weighted by Crippen LogP contribution is -1.98. The molecule has 1 rings (SSSR count). The Morgan fingerprint density at radius 2 is 2.08 bits per heavy atom. The highest BCUT2D eigenvalue weighted by Gasteiger charge is 2.12. The second-order valence-corrected chi connectivity index (χ2v) is 4.67. The van der Waals surface area contributed by atoms with Crippen LogP contribution in [0.3, 0.4) is 0 Å². The molecule has 0 saturated heterocycles. The summed E-state index contributed by atoms with van der Waals surface area (Å²) in [6.07, 6.45) is 0. The van der Waals surface area contributed by atoms with E-state index in [2.05, 4.69) is 4.98 Å². The van der Waals surface area contributed by atoms with E-state index in [0.29, 0.717) is 0 Å². The van der Waals surface area contributed by atoms with Crippen molar-refractivity contribution in [3.05, 3.63) is 23.6 Å². The van der Waals surface area contributed by atoms with Crippen molar-refractivity contribution < 1.29 is 12.8 Å². The Labute approximate surface area is 73.6 Å². The van der Waals surface area contributed by atoms with E-state index in [1.807, 2.05) is 0 Å². The summed E-state index contributed by atoms with van der Waals surface area (Å²) in [7, 11) is 1.12. The fraction of sp³-hybridized carbons (Fsp3) is 0.167. The van der Waals surface area contributed by atoms with Crippen molar-refractivity contribution >= 4 is 19.7 Å². The van der Waals surface area contributed by atoms with Crippen LogP contribution in [0.5, 0.6) is 0 Å². The van der Waals surface area contributed by atoms with Crippen molar-refractivity contribution in [2.75, 3.05) is 0 Å². The second kappa shape index (κ2) is 2.99. The monoisotopic (exact) mass is 209 g/mol. The maximum absolute atomic E-state index is 12.6. The lowest BCUT2D eigenvalue weighted by Gasteiger charge is -1.97. The molecule has 0 unspecified atom stereocenters. The zero-order chi connectivity index (χ0) is 9.35. The number of rotatable bonds is 1. The molecule has 0 saturated carbocycles. The largest absolute Gasteiger partial charge is 0.278 e. The molecule has 0 radical (unpaired) electrons. The molecule has 66 valence electrons. The van der Waals surface area contributed by atoms with E-state index < -0.39 is 14.9 Å².